The van der Waals surface area contributed by atoms with Gasteiger partial charge in [-0.05, 0) is 55.3 Å². The van der Waals surface area contributed by atoms with Crippen molar-refractivity contribution in [3.05, 3.63) is 72.1 Å². The summed E-state index contributed by atoms with van der Waals surface area (Å²) in [6.07, 6.45) is 7.63. The molecular formula is C27H33ClN6O. The van der Waals surface area contributed by atoms with Crippen molar-refractivity contribution in [1.82, 2.24) is 19.8 Å². The van der Waals surface area contributed by atoms with Crippen LogP contribution in [0.5, 0.6) is 0 Å². The molecule has 0 spiro atoms. The summed E-state index contributed by atoms with van der Waals surface area (Å²) in [5, 5.41) is 3.97. The van der Waals surface area contributed by atoms with Gasteiger partial charge in [-0.15, -0.1) is 0 Å². The van der Waals surface area contributed by atoms with E-state index in [1.165, 1.54) is 5.69 Å². The van der Waals surface area contributed by atoms with Crippen molar-refractivity contribution >= 4 is 29.0 Å². The van der Waals surface area contributed by atoms with Gasteiger partial charge in [0.2, 0.25) is 5.91 Å². The van der Waals surface area contributed by atoms with Gasteiger partial charge in [0.1, 0.15) is 0 Å². The first kappa shape index (κ1) is 23.7. The zero-order valence-corrected chi connectivity index (χ0v) is 20.8. The van der Waals surface area contributed by atoms with Gasteiger partial charge in [0.05, 0.1) is 5.69 Å². The Morgan fingerprint density at radius 2 is 1.71 bits per heavy atom. The highest BCUT2D eigenvalue weighted by Gasteiger charge is 2.27. The van der Waals surface area contributed by atoms with Crippen molar-refractivity contribution in [2.24, 2.45) is 5.92 Å². The molecule has 5 rings (SSSR count). The molecule has 3 aromatic rings. The summed E-state index contributed by atoms with van der Waals surface area (Å²) in [6.45, 7) is 7.22. The number of piperazine rings is 1. The summed E-state index contributed by atoms with van der Waals surface area (Å²) in [4.78, 5) is 24.6. The molecular weight excluding hydrogens is 460 g/mol. The fraction of sp³-hybridized carbons (Fsp3) is 0.407. The minimum atomic E-state index is 0.0738. The third kappa shape index (κ3) is 5.80. The molecule has 0 unspecified atom stereocenters. The van der Waals surface area contributed by atoms with E-state index < -0.39 is 0 Å². The fourth-order valence-electron chi connectivity index (χ4n) is 5.07. The number of rotatable bonds is 7. The zero-order valence-electron chi connectivity index (χ0n) is 20.0. The van der Waals surface area contributed by atoms with Crippen LogP contribution in [0, 0.1) is 5.92 Å². The number of nitrogens with zero attached hydrogens (tertiary/aromatic N) is 5. The molecule has 35 heavy (non-hydrogen) atoms. The first-order chi connectivity index (χ1) is 17.2. The number of aromatic nitrogens is 2. The molecule has 4 heterocycles. The highest BCUT2D eigenvalue weighted by molar-refractivity contribution is 6.30. The van der Waals surface area contributed by atoms with Gasteiger partial charge in [-0.3, -0.25) is 9.69 Å². The van der Waals surface area contributed by atoms with Crippen LogP contribution < -0.4 is 15.1 Å². The maximum atomic E-state index is 12.8. The monoisotopic (exact) mass is 492 g/mol. The number of carbonyl (C=O) groups is 1. The number of benzene rings is 1. The van der Waals surface area contributed by atoms with E-state index in [9.17, 15) is 4.79 Å². The lowest BCUT2D eigenvalue weighted by Gasteiger charge is -2.36. The van der Waals surface area contributed by atoms with Gasteiger partial charge in [0.15, 0.2) is 5.82 Å². The van der Waals surface area contributed by atoms with Gasteiger partial charge in [-0.2, -0.15) is 0 Å². The molecule has 7 nitrogen and oxygen atoms in total. The van der Waals surface area contributed by atoms with Crippen LogP contribution in [0.15, 0.2) is 67.1 Å². The topological polar surface area (TPSA) is 56.6 Å². The SMILES string of the molecule is O=C(NCCN1CCN(c2cccc(Cl)c2)CC1)C1CCN(c2ncccc2-n2cccc2)CC1. The molecule has 2 fully saturated rings. The molecule has 1 N–H and O–H groups in total. The summed E-state index contributed by atoms with van der Waals surface area (Å²) in [7, 11) is 0. The molecule has 0 radical (unpaired) electrons. The molecule has 184 valence electrons. The lowest BCUT2D eigenvalue weighted by atomic mass is 9.96. The van der Waals surface area contributed by atoms with Crippen LogP contribution in [-0.2, 0) is 4.79 Å². The Hall–Kier alpha value is -3.03. The van der Waals surface area contributed by atoms with Gasteiger partial charge < -0.3 is 19.7 Å². The summed E-state index contributed by atoms with van der Waals surface area (Å²) in [5.74, 6) is 1.25. The number of halogens is 1. The zero-order chi connectivity index (χ0) is 24.0. The van der Waals surface area contributed by atoms with E-state index in [0.29, 0.717) is 6.54 Å². The minimum Gasteiger partial charge on any atom is -0.369 e. The van der Waals surface area contributed by atoms with E-state index in [1.807, 2.05) is 55.0 Å². The molecule has 0 aliphatic carbocycles. The van der Waals surface area contributed by atoms with Crippen LogP contribution in [0.25, 0.3) is 5.69 Å². The van der Waals surface area contributed by atoms with E-state index in [-0.39, 0.29) is 11.8 Å². The number of hydrogen-bond donors (Lipinski definition) is 1. The Labute approximate surface area is 212 Å². The van der Waals surface area contributed by atoms with Crippen molar-refractivity contribution < 1.29 is 4.79 Å². The first-order valence-electron chi connectivity index (χ1n) is 12.5. The van der Waals surface area contributed by atoms with E-state index >= 15 is 0 Å². The molecule has 8 heteroatoms. The smallest absolute Gasteiger partial charge is 0.223 e. The first-order valence-corrected chi connectivity index (χ1v) is 12.9. The number of anilines is 2. The lowest BCUT2D eigenvalue weighted by Crippen LogP contribution is -2.49. The molecule has 2 saturated heterocycles. The van der Waals surface area contributed by atoms with E-state index in [2.05, 4.69) is 41.7 Å². The fourth-order valence-corrected chi connectivity index (χ4v) is 5.25. The highest BCUT2D eigenvalue weighted by Crippen LogP contribution is 2.27. The average Bonchev–Trinajstić information content (AvgIpc) is 3.44. The van der Waals surface area contributed by atoms with Crippen LogP contribution in [-0.4, -0.2) is 72.7 Å². The van der Waals surface area contributed by atoms with Crippen LogP contribution >= 0.6 is 11.6 Å². The third-order valence-corrected chi connectivity index (χ3v) is 7.32. The number of hydrogen-bond acceptors (Lipinski definition) is 5. The van der Waals surface area contributed by atoms with Gasteiger partial charge in [-0.25, -0.2) is 4.98 Å². The van der Waals surface area contributed by atoms with Crippen molar-refractivity contribution in [3.63, 3.8) is 0 Å². The standard InChI is InChI=1S/C27H33ClN6O/c28-23-5-3-6-24(21-23)32-19-17-31(18-20-32)16-11-30-27(35)22-8-14-34(15-9-22)26-25(7-4-10-29-26)33-12-1-2-13-33/h1-7,10,12-13,21-22H,8-9,11,14-20H2,(H,30,35). The molecule has 0 saturated carbocycles. The van der Waals surface area contributed by atoms with Crippen molar-refractivity contribution in [3.8, 4) is 5.69 Å². The minimum absolute atomic E-state index is 0.0738. The number of nitrogens with one attached hydrogen (secondary N) is 1. The van der Waals surface area contributed by atoms with Crippen LogP contribution in [0.4, 0.5) is 11.5 Å². The average molecular weight is 493 g/mol. The van der Waals surface area contributed by atoms with Gasteiger partial charge in [-0.1, -0.05) is 17.7 Å². The third-order valence-electron chi connectivity index (χ3n) is 7.09. The van der Waals surface area contributed by atoms with E-state index in [1.54, 1.807) is 0 Å². The predicted molar refractivity (Wildman–Crippen MR) is 142 cm³/mol. The van der Waals surface area contributed by atoms with Crippen LogP contribution in [0.3, 0.4) is 0 Å². The normalized spacial score (nSPS) is 17.5. The molecule has 2 aliphatic rings. The second-order valence-electron chi connectivity index (χ2n) is 9.30. The molecule has 1 amide bonds. The molecule has 2 aliphatic heterocycles. The number of pyridine rings is 1. The highest BCUT2D eigenvalue weighted by atomic mass is 35.5. The Morgan fingerprint density at radius 1 is 0.943 bits per heavy atom. The Morgan fingerprint density at radius 3 is 2.46 bits per heavy atom. The van der Waals surface area contributed by atoms with E-state index in [4.69, 9.17) is 11.6 Å². The molecule has 0 bridgehead atoms. The number of amides is 1. The predicted octanol–water partition coefficient (Wildman–Crippen LogP) is 3.68. The van der Waals surface area contributed by atoms with Crippen LogP contribution in [0.1, 0.15) is 12.8 Å². The van der Waals surface area contributed by atoms with Gasteiger partial charge >= 0.3 is 0 Å². The van der Waals surface area contributed by atoms with Gasteiger partial charge in [0, 0.05) is 87.6 Å². The largest absolute Gasteiger partial charge is 0.369 e. The Kier molecular flexibility index (Phi) is 7.54. The lowest BCUT2D eigenvalue weighted by molar-refractivity contribution is -0.125. The Bertz CT molecular complexity index is 1100. The van der Waals surface area contributed by atoms with Gasteiger partial charge in [0.25, 0.3) is 0 Å². The number of carbonyl (C=O) groups excluding carboxylic acids is 1. The molecule has 1 aromatic carbocycles. The second-order valence-corrected chi connectivity index (χ2v) is 9.73. The summed E-state index contributed by atoms with van der Waals surface area (Å²) in [5.41, 5.74) is 2.26. The van der Waals surface area contributed by atoms with Crippen molar-refractivity contribution in [2.75, 3.05) is 62.2 Å². The second kappa shape index (κ2) is 11.1. The maximum absolute atomic E-state index is 12.8. The Balaban J connectivity index is 1.04. The molecule has 2 aromatic heterocycles. The maximum Gasteiger partial charge on any atom is 0.223 e. The van der Waals surface area contributed by atoms with Crippen LogP contribution in [0.2, 0.25) is 5.02 Å². The number of piperidine rings is 1. The quantitative estimate of drug-likeness (QED) is 0.545. The van der Waals surface area contributed by atoms with Crippen molar-refractivity contribution in [2.45, 2.75) is 12.8 Å². The summed E-state index contributed by atoms with van der Waals surface area (Å²) < 4.78 is 2.09. The van der Waals surface area contributed by atoms with Crippen molar-refractivity contribution in [1.29, 1.82) is 0 Å². The summed E-state index contributed by atoms with van der Waals surface area (Å²) in [6, 6.07) is 16.2. The van der Waals surface area contributed by atoms with E-state index in [0.717, 1.165) is 75.2 Å². The summed E-state index contributed by atoms with van der Waals surface area (Å²) >= 11 is 6.14. The molecule has 0 atom stereocenters.